The van der Waals surface area contributed by atoms with Crippen molar-refractivity contribution >= 4 is 75.9 Å². The molecule has 10 nitrogen and oxygen atoms in total. The van der Waals surface area contributed by atoms with Gasteiger partial charge in [0.25, 0.3) is 0 Å². The zero-order valence-electron chi connectivity index (χ0n) is 53.8. The van der Waals surface area contributed by atoms with Crippen LogP contribution in [0.25, 0.3) is 189 Å². The molecular formula is C90H56N10. The Hall–Kier alpha value is -13.7. The van der Waals surface area contributed by atoms with E-state index in [2.05, 4.69) is 206 Å². The molecule has 0 bridgehead atoms. The molecule has 0 amide bonds. The topological polar surface area (TPSA) is 129 Å². The number of pyridine rings is 4. The summed E-state index contributed by atoms with van der Waals surface area (Å²) in [5.41, 5.74) is 17.3. The summed E-state index contributed by atoms with van der Waals surface area (Å²) >= 11 is 0. The molecule has 19 aromatic rings. The monoisotopic (exact) mass is 1280 g/mol. The molecule has 0 saturated heterocycles. The van der Waals surface area contributed by atoms with Gasteiger partial charge in [0, 0.05) is 54.9 Å². The summed E-state index contributed by atoms with van der Waals surface area (Å²) in [6.45, 7) is 0. The molecule has 0 fully saturated rings. The number of aromatic nitrogens is 10. The van der Waals surface area contributed by atoms with Crippen LogP contribution in [0.3, 0.4) is 0 Å². The van der Waals surface area contributed by atoms with E-state index >= 15 is 0 Å². The number of hydrogen-bond acceptors (Lipinski definition) is 10. The lowest BCUT2D eigenvalue weighted by molar-refractivity contribution is 1.06. The van der Waals surface area contributed by atoms with Crippen molar-refractivity contribution in [3.63, 3.8) is 0 Å². The third kappa shape index (κ3) is 11.6. The molecule has 10 heteroatoms. The van der Waals surface area contributed by atoms with Gasteiger partial charge >= 0.3 is 0 Å². The van der Waals surface area contributed by atoms with Crippen LogP contribution in [-0.4, -0.2) is 49.8 Å². The summed E-state index contributed by atoms with van der Waals surface area (Å²) in [5.74, 6) is 3.52. The van der Waals surface area contributed by atoms with Gasteiger partial charge < -0.3 is 0 Å². The van der Waals surface area contributed by atoms with E-state index in [1.54, 1.807) is 0 Å². The first-order valence-electron chi connectivity index (χ1n) is 33.3. The Balaban J connectivity index is 0.000000145. The van der Waals surface area contributed by atoms with E-state index < -0.39 is 0 Å². The Morgan fingerprint density at radius 3 is 1.02 bits per heavy atom. The first-order valence-corrected chi connectivity index (χ1v) is 33.3. The maximum Gasteiger partial charge on any atom is 0.182 e. The summed E-state index contributed by atoms with van der Waals surface area (Å²) in [6.07, 6.45) is 0. The summed E-state index contributed by atoms with van der Waals surface area (Å²) in [4.78, 5) is 49.5. The average molecular weight is 1280 g/mol. The standard InChI is InChI=1S/C47H29N5.C43H27N5/c1-3-11-33(12-4-1)45-50-46(34-13-5-2-6-14-34)52-47(51-45)42-27-22-31-19-21-36(29-43(31)49-42)35-23-25-40-37(28-35)24-26-41(48-40)39-17-9-15-32-20-18-30-10-7-8-16-38(30)44(32)39;1-3-10-30(11-4-1)41-46-42(31-12-5-2-6-13-31)48-43(47-41)39-24-19-29-16-17-34(27-40(29)45-39)33-20-22-37-36(26-33)21-23-38(44-37)35-18-15-28-9-7-8-14-32(28)25-35/h1-29H;1-27H. The van der Waals surface area contributed by atoms with E-state index in [0.29, 0.717) is 46.3 Å². The van der Waals surface area contributed by atoms with Crippen molar-refractivity contribution in [2.45, 2.75) is 0 Å². The molecule has 13 aromatic carbocycles. The van der Waals surface area contributed by atoms with Gasteiger partial charge in [0.05, 0.1) is 33.5 Å². The molecule has 0 spiro atoms. The quantitative estimate of drug-likeness (QED) is 0.122. The van der Waals surface area contributed by atoms with Crippen LogP contribution in [0.15, 0.2) is 340 Å². The maximum absolute atomic E-state index is 5.16. The fourth-order valence-electron chi connectivity index (χ4n) is 13.2. The smallest absolute Gasteiger partial charge is 0.182 e. The van der Waals surface area contributed by atoms with Gasteiger partial charge in [-0.05, 0) is 121 Å². The minimum absolute atomic E-state index is 0.534. The predicted molar refractivity (Wildman–Crippen MR) is 408 cm³/mol. The highest BCUT2D eigenvalue weighted by Crippen LogP contribution is 2.37. The van der Waals surface area contributed by atoms with E-state index in [4.69, 9.17) is 49.8 Å². The van der Waals surface area contributed by atoms with Gasteiger partial charge in [0.15, 0.2) is 34.9 Å². The second kappa shape index (κ2) is 25.5. The van der Waals surface area contributed by atoms with Crippen molar-refractivity contribution in [3.05, 3.63) is 340 Å². The molecule has 0 aliphatic rings. The zero-order valence-corrected chi connectivity index (χ0v) is 53.8. The second-order valence-electron chi connectivity index (χ2n) is 24.7. The molecule has 6 heterocycles. The molecule has 0 radical (unpaired) electrons. The lowest BCUT2D eigenvalue weighted by Crippen LogP contribution is -2.01. The van der Waals surface area contributed by atoms with Crippen molar-refractivity contribution in [1.29, 1.82) is 0 Å². The lowest BCUT2D eigenvalue weighted by atomic mass is 9.95. The summed E-state index contributed by atoms with van der Waals surface area (Å²) in [7, 11) is 0. The number of benzene rings is 13. The number of hydrogen-bond donors (Lipinski definition) is 0. The van der Waals surface area contributed by atoms with Crippen molar-refractivity contribution < 1.29 is 0 Å². The molecule has 0 aliphatic heterocycles. The Morgan fingerprint density at radius 1 is 0.150 bits per heavy atom. The van der Waals surface area contributed by atoms with Gasteiger partial charge in [0.2, 0.25) is 0 Å². The minimum atomic E-state index is 0.534. The first-order chi connectivity index (χ1) is 49.5. The normalized spacial score (nSPS) is 11.4. The van der Waals surface area contributed by atoms with Crippen LogP contribution in [0, 0.1) is 0 Å². The van der Waals surface area contributed by atoms with Crippen LogP contribution in [0.4, 0.5) is 0 Å². The van der Waals surface area contributed by atoms with Crippen molar-refractivity contribution in [2.75, 3.05) is 0 Å². The fraction of sp³-hybridized carbons (Fsp3) is 0. The number of nitrogens with zero attached hydrogens (tertiary/aromatic N) is 10. The molecule has 0 atom stereocenters. The summed E-state index contributed by atoms with van der Waals surface area (Å²) in [5, 5.41) is 11.6. The molecule has 466 valence electrons. The lowest BCUT2D eigenvalue weighted by Gasteiger charge is -2.11. The van der Waals surface area contributed by atoms with Gasteiger partial charge in [-0.3, -0.25) is 0 Å². The van der Waals surface area contributed by atoms with Crippen LogP contribution in [0.2, 0.25) is 0 Å². The second-order valence-corrected chi connectivity index (χ2v) is 24.7. The van der Waals surface area contributed by atoms with Crippen LogP contribution < -0.4 is 0 Å². The Labute approximate surface area is 575 Å². The molecule has 0 unspecified atom stereocenters. The largest absolute Gasteiger partial charge is 0.248 e. The molecule has 19 rings (SSSR count). The van der Waals surface area contributed by atoms with Gasteiger partial charge in [-0.25, -0.2) is 49.8 Å². The fourth-order valence-corrected chi connectivity index (χ4v) is 13.2. The predicted octanol–water partition coefficient (Wildman–Crippen LogP) is 22.1. The molecule has 0 N–H and O–H groups in total. The van der Waals surface area contributed by atoms with Crippen LogP contribution >= 0.6 is 0 Å². The van der Waals surface area contributed by atoms with Crippen molar-refractivity contribution in [2.24, 2.45) is 0 Å². The van der Waals surface area contributed by atoms with E-state index in [9.17, 15) is 0 Å². The molecule has 0 saturated carbocycles. The van der Waals surface area contributed by atoms with Crippen molar-refractivity contribution in [1.82, 2.24) is 49.8 Å². The van der Waals surface area contributed by atoms with Crippen LogP contribution in [-0.2, 0) is 0 Å². The highest BCUT2D eigenvalue weighted by Gasteiger charge is 2.18. The number of rotatable bonds is 10. The van der Waals surface area contributed by atoms with Gasteiger partial charge in [-0.15, -0.1) is 0 Å². The molecule has 0 aliphatic carbocycles. The molecular weight excluding hydrogens is 1220 g/mol. The van der Waals surface area contributed by atoms with E-state index in [0.717, 1.165) is 111 Å². The summed E-state index contributed by atoms with van der Waals surface area (Å²) in [6, 6.07) is 117. The molecule has 100 heavy (non-hydrogen) atoms. The van der Waals surface area contributed by atoms with Gasteiger partial charge in [-0.2, -0.15) is 0 Å². The minimum Gasteiger partial charge on any atom is -0.248 e. The number of fused-ring (bicyclic) bond motifs is 8. The van der Waals surface area contributed by atoms with Crippen LogP contribution in [0.5, 0.6) is 0 Å². The van der Waals surface area contributed by atoms with Crippen molar-refractivity contribution in [3.8, 4) is 113 Å². The van der Waals surface area contributed by atoms with E-state index in [1.807, 2.05) is 133 Å². The highest BCUT2D eigenvalue weighted by molar-refractivity contribution is 6.14. The SMILES string of the molecule is c1ccc(-c2nc(-c3ccccc3)nc(-c3ccc4ccc(-c5ccc6nc(-c7ccc8ccccc8c7)ccc6c5)cc4n3)n2)cc1.c1ccc(-c2nc(-c3ccccc3)nc(-c3ccc4ccc(-c5ccc6nc(-c7cccc8ccc9ccccc9c78)ccc6c5)cc4n3)n2)cc1. The van der Waals surface area contributed by atoms with Gasteiger partial charge in [-0.1, -0.05) is 273 Å². The Morgan fingerprint density at radius 2 is 0.490 bits per heavy atom. The average Bonchev–Trinajstić information content (AvgIpc) is 0.771. The third-order valence-corrected chi connectivity index (χ3v) is 18.4. The van der Waals surface area contributed by atoms with Gasteiger partial charge in [0.1, 0.15) is 11.4 Å². The molecule has 6 aromatic heterocycles. The first kappa shape index (κ1) is 58.8. The maximum atomic E-state index is 5.16. The zero-order chi connectivity index (χ0) is 66.3. The summed E-state index contributed by atoms with van der Waals surface area (Å²) < 4.78 is 0. The Kier molecular flexibility index (Phi) is 15.0. The van der Waals surface area contributed by atoms with E-state index in [-0.39, 0.29) is 0 Å². The Bertz CT molecular complexity index is 6240. The highest BCUT2D eigenvalue weighted by atomic mass is 15.1. The van der Waals surface area contributed by atoms with Crippen LogP contribution in [0.1, 0.15) is 0 Å². The van der Waals surface area contributed by atoms with E-state index in [1.165, 1.54) is 32.3 Å². The third-order valence-electron chi connectivity index (χ3n) is 18.4.